The van der Waals surface area contributed by atoms with Gasteiger partial charge >= 0.3 is 0 Å². The minimum atomic E-state index is 0.0710. The van der Waals surface area contributed by atoms with Crippen LogP contribution in [0.2, 0.25) is 0 Å². The normalized spacial score (nSPS) is 22.4. The van der Waals surface area contributed by atoms with Gasteiger partial charge in [0, 0.05) is 30.4 Å². The van der Waals surface area contributed by atoms with Crippen molar-refractivity contribution in [2.24, 2.45) is 11.8 Å². The number of amides is 1. The number of carbonyl (C=O) groups excluding carboxylic acids is 1. The van der Waals surface area contributed by atoms with Crippen molar-refractivity contribution in [3.8, 4) is 5.75 Å². The standard InChI is InChI=1S/C23H28N2O2/c1-16-11-13-25(14-12-16)19-7-5-18(6-8-19)24-23(26)22-15-21(22)17-3-9-20(27-2)10-4-17/h3-10,16,21-22H,11-15H2,1-2H3,(H,24,26). The molecule has 27 heavy (non-hydrogen) atoms. The number of anilines is 2. The molecule has 1 saturated heterocycles. The summed E-state index contributed by atoms with van der Waals surface area (Å²) in [6.45, 7) is 4.57. The maximum absolute atomic E-state index is 12.6. The van der Waals surface area contributed by atoms with Crippen LogP contribution in [0, 0.1) is 11.8 Å². The average molecular weight is 364 g/mol. The molecule has 2 aromatic rings. The fraction of sp³-hybridized carbons (Fsp3) is 0.435. The van der Waals surface area contributed by atoms with Crippen molar-refractivity contribution in [1.29, 1.82) is 0 Å². The van der Waals surface area contributed by atoms with E-state index in [4.69, 9.17) is 4.74 Å². The van der Waals surface area contributed by atoms with Crippen molar-refractivity contribution < 1.29 is 9.53 Å². The third-order valence-electron chi connectivity index (χ3n) is 5.95. The molecule has 0 bridgehead atoms. The Balaban J connectivity index is 1.32. The summed E-state index contributed by atoms with van der Waals surface area (Å²) < 4.78 is 5.20. The van der Waals surface area contributed by atoms with Crippen molar-refractivity contribution in [2.75, 3.05) is 30.4 Å². The molecule has 2 fully saturated rings. The van der Waals surface area contributed by atoms with E-state index in [0.717, 1.165) is 36.9 Å². The molecule has 1 N–H and O–H groups in total. The van der Waals surface area contributed by atoms with Crippen LogP contribution in [0.4, 0.5) is 11.4 Å². The van der Waals surface area contributed by atoms with Crippen molar-refractivity contribution in [3.63, 3.8) is 0 Å². The Morgan fingerprint density at radius 3 is 2.33 bits per heavy atom. The van der Waals surface area contributed by atoms with Crippen molar-refractivity contribution >= 4 is 17.3 Å². The molecule has 1 aliphatic heterocycles. The van der Waals surface area contributed by atoms with E-state index in [1.807, 2.05) is 24.3 Å². The largest absolute Gasteiger partial charge is 0.497 e. The Hall–Kier alpha value is -2.49. The van der Waals surface area contributed by atoms with E-state index in [2.05, 4.69) is 41.4 Å². The van der Waals surface area contributed by atoms with Gasteiger partial charge in [-0.15, -0.1) is 0 Å². The lowest BCUT2D eigenvalue weighted by Gasteiger charge is -2.32. The summed E-state index contributed by atoms with van der Waals surface area (Å²) in [5, 5.41) is 3.08. The first-order chi connectivity index (χ1) is 13.1. The van der Waals surface area contributed by atoms with Crippen LogP contribution in [0.5, 0.6) is 5.75 Å². The molecule has 2 unspecified atom stereocenters. The van der Waals surface area contributed by atoms with Crippen molar-refractivity contribution in [1.82, 2.24) is 0 Å². The highest BCUT2D eigenvalue weighted by Gasteiger charge is 2.43. The molecule has 4 rings (SSSR count). The van der Waals surface area contributed by atoms with Crippen LogP contribution < -0.4 is 15.0 Å². The number of benzene rings is 2. The fourth-order valence-corrected chi connectivity index (χ4v) is 3.96. The second kappa shape index (κ2) is 7.63. The molecular weight excluding hydrogens is 336 g/mol. The third-order valence-corrected chi connectivity index (χ3v) is 5.95. The molecule has 1 amide bonds. The van der Waals surface area contributed by atoms with Gasteiger partial charge in [-0.3, -0.25) is 4.79 Å². The number of hydrogen-bond acceptors (Lipinski definition) is 3. The zero-order valence-electron chi connectivity index (χ0n) is 16.2. The Bertz CT molecular complexity index is 777. The fourth-order valence-electron chi connectivity index (χ4n) is 3.96. The number of carbonyl (C=O) groups is 1. The monoisotopic (exact) mass is 364 g/mol. The Morgan fingerprint density at radius 2 is 1.70 bits per heavy atom. The number of piperidine rings is 1. The number of nitrogens with one attached hydrogen (secondary N) is 1. The van der Waals surface area contributed by atoms with Gasteiger partial charge in [-0.1, -0.05) is 19.1 Å². The number of methoxy groups -OCH3 is 1. The Labute approximate surface area is 161 Å². The minimum Gasteiger partial charge on any atom is -0.497 e. The second-order valence-electron chi connectivity index (χ2n) is 7.93. The number of rotatable bonds is 5. The molecule has 2 aromatic carbocycles. The van der Waals surface area contributed by atoms with Gasteiger partial charge in [-0.05, 0) is 73.1 Å². The summed E-state index contributed by atoms with van der Waals surface area (Å²) in [6, 6.07) is 16.3. The molecule has 4 nitrogen and oxygen atoms in total. The predicted octanol–water partition coefficient (Wildman–Crippen LogP) is 4.67. The Morgan fingerprint density at radius 1 is 1.04 bits per heavy atom. The molecule has 4 heteroatoms. The van der Waals surface area contributed by atoms with Crippen LogP contribution in [0.15, 0.2) is 48.5 Å². The molecule has 142 valence electrons. The van der Waals surface area contributed by atoms with Crippen LogP contribution in [0.1, 0.15) is 37.7 Å². The quantitative estimate of drug-likeness (QED) is 0.838. The summed E-state index contributed by atoms with van der Waals surface area (Å²) in [4.78, 5) is 15.0. The molecule has 2 aliphatic rings. The van der Waals surface area contributed by atoms with Crippen LogP contribution in [0.3, 0.4) is 0 Å². The topological polar surface area (TPSA) is 41.6 Å². The summed E-state index contributed by atoms with van der Waals surface area (Å²) in [5.74, 6) is 2.20. The summed E-state index contributed by atoms with van der Waals surface area (Å²) in [6.07, 6.45) is 3.43. The van der Waals surface area contributed by atoms with Crippen LogP contribution in [-0.2, 0) is 4.79 Å². The van der Waals surface area contributed by atoms with Crippen LogP contribution in [-0.4, -0.2) is 26.1 Å². The van der Waals surface area contributed by atoms with Gasteiger partial charge in [-0.2, -0.15) is 0 Å². The second-order valence-corrected chi connectivity index (χ2v) is 7.93. The molecular formula is C23H28N2O2. The van der Waals surface area contributed by atoms with Gasteiger partial charge in [0.25, 0.3) is 0 Å². The zero-order chi connectivity index (χ0) is 18.8. The van der Waals surface area contributed by atoms with Crippen molar-refractivity contribution in [3.05, 3.63) is 54.1 Å². The number of ether oxygens (including phenoxy) is 1. The molecule has 2 atom stereocenters. The van der Waals surface area contributed by atoms with Gasteiger partial charge in [0.05, 0.1) is 7.11 Å². The minimum absolute atomic E-state index is 0.0710. The van der Waals surface area contributed by atoms with Gasteiger partial charge in [0.2, 0.25) is 5.91 Å². The predicted molar refractivity (Wildman–Crippen MR) is 110 cm³/mol. The first-order valence-corrected chi connectivity index (χ1v) is 9.94. The van der Waals surface area contributed by atoms with E-state index in [1.165, 1.54) is 24.1 Å². The van der Waals surface area contributed by atoms with E-state index in [0.29, 0.717) is 5.92 Å². The molecule has 1 aliphatic carbocycles. The summed E-state index contributed by atoms with van der Waals surface area (Å²) in [7, 11) is 1.67. The first-order valence-electron chi connectivity index (χ1n) is 9.94. The van der Waals surface area contributed by atoms with Crippen molar-refractivity contribution in [2.45, 2.75) is 32.1 Å². The molecule has 1 heterocycles. The van der Waals surface area contributed by atoms with E-state index in [9.17, 15) is 4.79 Å². The smallest absolute Gasteiger partial charge is 0.228 e. The number of nitrogens with zero attached hydrogens (tertiary/aromatic N) is 1. The van der Waals surface area contributed by atoms with Crippen LogP contribution in [0.25, 0.3) is 0 Å². The molecule has 1 saturated carbocycles. The third kappa shape index (κ3) is 4.10. The highest BCUT2D eigenvalue weighted by molar-refractivity contribution is 5.95. The van der Waals surface area contributed by atoms with E-state index in [-0.39, 0.29) is 11.8 Å². The highest BCUT2D eigenvalue weighted by Crippen LogP contribution is 2.48. The Kier molecular flexibility index (Phi) is 5.06. The first kappa shape index (κ1) is 17.9. The van der Waals surface area contributed by atoms with Gasteiger partial charge in [-0.25, -0.2) is 0 Å². The van der Waals surface area contributed by atoms with Crippen LogP contribution >= 0.6 is 0 Å². The van der Waals surface area contributed by atoms with Gasteiger partial charge < -0.3 is 15.0 Å². The zero-order valence-corrected chi connectivity index (χ0v) is 16.2. The SMILES string of the molecule is COc1ccc(C2CC2C(=O)Nc2ccc(N3CCC(C)CC3)cc2)cc1. The maximum Gasteiger partial charge on any atom is 0.228 e. The molecule has 0 radical (unpaired) electrons. The summed E-state index contributed by atoms with van der Waals surface area (Å²) >= 11 is 0. The van der Waals surface area contributed by atoms with E-state index < -0.39 is 0 Å². The molecule has 0 aromatic heterocycles. The van der Waals surface area contributed by atoms with E-state index in [1.54, 1.807) is 7.11 Å². The molecule has 0 spiro atoms. The van der Waals surface area contributed by atoms with Gasteiger partial charge in [0.15, 0.2) is 0 Å². The van der Waals surface area contributed by atoms with Gasteiger partial charge in [0.1, 0.15) is 5.75 Å². The lowest BCUT2D eigenvalue weighted by atomic mass is 9.99. The lowest BCUT2D eigenvalue weighted by molar-refractivity contribution is -0.117. The number of hydrogen-bond donors (Lipinski definition) is 1. The average Bonchev–Trinajstić information content (AvgIpc) is 3.50. The summed E-state index contributed by atoms with van der Waals surface area (Å²) in [5.41, 5.74) is 3.35. The van der Waals surface area contributed by atoms with E-state index >= 15 is 0 Å². The maximum atomic E-state index is 12.6. The highest BCUT2D eigenvalue weighted by atomic mass is 16.5. The lowest BCUT2D eigenvalue weighted by Crippen LogP contribution is -2.32.